The number of nitrogens with zero attached hydrogens (tertiary/aromatic N) is 2. The number of halogens is 3. The molecule has 2 aromatic carbocycles. The van der Waals surface area contributed by atoms with Crippen molar-refractivity contribution in [1.82, 2.24) is 14.9 Å². The lowest BCUT2D eigenvalue weighted by Crippen LogP contribution is -2.32. The topological polar surface area (TPSA) is 82.4 Å². The van der Waals surface area contributed by atoms with Crippen LogP contribution >= 0.6 is 11.6 Å². The van der Waals surface area contributed by atoms with E-state index >= 15 is 0 Å². The minimum Gasteiger partial charge on any atom is -0.471 e. The number of nitrogens with one attached hydrogen (secondary N) is 1. The number of aryl methyl sites for hydroxylation is 1. The molecule has 1 amide bonds. The number of carbonyl (C=O) groups is 1. The van der Waals surface area contributed by atoms with Crippen LogP contribution in [0.1, 0.15) is 34.3 Å². The molecule has 4 rings (SSSR count). The van der Waals surface area contributed by atoms with Gasteiger partial charge in [-0.15, -0.1) is 0 Å². The summed E-state index contributed by atoms with van der Waals surface area (Å²) in [6.45, 7) is 2.60. The van der Waals surface area contributed by atoms with Crippen LogP contribution in [0.4, 0.5) is 8.78 Å². The Morgan fingerprint density at radius 1 is 1.29 bits per heavy atom. The van der Waals surface area contributed by atoms with Gasteiger partial charge in [-0.25, -0.2) is 13.8 Å². The Morgan fingerprint density at radius 2 is 2.12 bits per heavy atom. The van der Waals surface area contributed by atoms with Crippen LogP contribution in [0.25, 0.3) is 5.69 Å². The lowest BCUT2D eigenvalue weighted by atomic mass is 10.1. The summed E-state index contributed by atoms with van der Waals surface area (Å²) in [7, 11) is 0. The summed E-state index contributed by atoms with van der Waals surface area (Å²) in [4.78, 5) is 29.6. The molecule has 0 spiro atoms. The first-order valence-electron chi connectivity index (χ1n) is 10.7. The van der Waals surface area contributed by atoms with E-state index in [4.69, 9.17) is 21.1 Å². The zero-order valence-corrected chi connectivity index (χ0v) is 19.1. The van der Waals surface area contributed by atoms with Crippen LogP contribution in [0.2, 0.25) is 5.02 Å². The van der Waals surface area contributed by atoms with Crippen LogP contribution < -0.4 is 15.6 Å². The molecule has 10 heteroatoms. The maximum Gasteiger partial charge on any atom is 0.280 e. The second-order valence-electron chi connectivity index (χ2n) is 7.91. The number of amides is 1. The minimum atomic E-state index is -0.783. The first kappa shape index (κ1) is 23.8. The van der Waals surface area contributed by atoms with Crippen LogP contribution in [-0.4, -0.2) is 34.7 Å². The Kier molecular flexibility index (Phi) is 7.23. The summed E-state index contributed by atoms with van der Waals surface area (Å²) < 4.78 is 39.0. The first-order chi connectivity index (χ1) is 16.3. The standard InChI is InChI=1S/C24H22ClF2N3O4/c1-14-4-5-15(22(31)28-11-18-3-2-8-33-18)9-20(14)30-13-29-23(21(25)24(30)32)34-12-16-6-7-17(26)10-19(16)27/h4-7,9-10,13,18H,2-3,8,11-12H2,1H3,(H,28,31). The van der Waals surface area contributed by atoms with Crippen molar-refractivity contribution in [2.45, 2.75) is 32.5 Å². The Bertz CT molecular complexity index is 1280. The molecule has 7 nitrogen and oxygen atoms in total. The largest absolute Gasteiger partial charge is 0.471 e. The maximum atomic E-state index is 13.8. The van der Waals surface area contributed by atoms with Gasteiger partial charge in [0.1, 0.15) is 24.6 Å². The van der Waals surface area contributed by atoms with Gasteiger partial charge < -0.3 is 14.8 Å². The number of ether oxygens (including phenoxy) is 2. The Labute approximate surface area is 199 Å². The molecule has 1 aliphatic heterocycles. The molecule has 1 N–H and O–H groups in total. The molecule has 0 radical (unpaired) electrons. The molecule has 1 aromatic heterocycles. The molecular formula is C24H22ClF2N3O4. The van der Waals surface area contributed by atoms with Crippen molar-refractivity contribution in [2.75, 3.05) is 13.2 Å². The first-order valence-corrected chi connectivity index (χ1v) is 11.1. The predicted molar refractivity (Wildman–Crippen MR) is 122 cm³/mol. The van der Waals surface area contributed by atoms with Gasteiger partial charge in [0.25, 0.3) is 11.5 Å². The van der Waals surface area contributed by atoms with Gasteiger partial charge in [-0.05, 0) is 49.6 Å². The number of carbonyl (C=O) groups excluding carboxylic acids is 1. The Hall–Kier alpha value is -3.30. The fourth-order valence-corrected chi connectivity index (χ4v) is 3.79. The molecule has 0 saturated carbocycles. The Morgan fingerprint density at radius 3 is 2.85 bits per heavy atom. The molecule has 1 unspecified atom stereocenters. The zero-order chi connectivity index (χ0) is 24.2. The van der Waals surface area contributed by atoms with Gasteiger partial charge in [-0.2, -0.15) is 0 Å². The van der Waals surface area contributed by atoms with Gasteiger partial charge in [-0.1, -0.05) is 17.7 Å². The average Bonchev–Trinajstić information content (AvgIpc) is 3.34. The quantitative estimate of drug-likeness (QED) is 0.543. The fraction of sp³-hybridized carbons (Fsp3) is 0.292. The van der Waals surface area contributed by atoms with Crippen LogP contribution in [0.3, 0.4) is 0 Å². The van der Waals surface area contributed by atoms with Crippen LogP contribution in [0.5, 0.6) is 5.88 Å². The summed E-state index contributed by atoms with van der Waals surface area (Å²) in [5.74, 6) is -1.97. The highest BCUT2D eigenvalue weighted by molar-refractivity contribution is 6.31. The molecule has 1 aliphatic rings. The maximum absolute atomic E-state index is 13.8. The summed E-state index contributed by atoms with van der Waals surface area (Å²) in [5.41, 5.74) is 0.985. The fourth-order valence-electron chi connectivity index (χ4n) is 3.60. The zero-order valence-electron chi connectivity index (χ0n) is 18.3. The van der Waals surface area contributed by atoms with E-state index in [0.29, 0.717) is 24.4 Å². The normalized spacial score (nSPS) is 15.4. The van der Waals surface area contributed by atoms with Crippen molar-refractivity contribution in [1.29, 1.82) is 0 Å². The summed E-state index contributed by atoms with van der Waals surface area (Å²) in [5, 5.41) is 2.54. The molecule has 178 valence electrons. The molecule has 1 saturated heterocycles. The van der Waals surface area contributed by atoms with Crippen molar-refractivity contribution in [3.8, 4) is 11.6 Å². The van der Waals surface area contributed by atoms with Gasteiger partial charge >= 0.3 is 0 Å². The minimum absolute atomic E-state index is 0.00965. The van der Waals surface area contributed by atoms with Gasteiger partial charge in [-0.3, -0.25) is 14.2 Å². The van der Waals surface area contributed by atoms with E-state index in [1.165, 1.54) is 17.0 Å². The van der Waals surface area contributed by atoms with Crippen molar-refractivity contribution in [3.63, 3.8) is 0 Å². The Balaban J connectivity index is 1.53. The highest BCUT2D eigenvalue weighted by Crippen LogP contribution is 2.22. The summed E-state index contributed by atoms with van der Waals surface area (Å²) >= 11 is 6.19. The molecule has 34 heavy (non-hydrogen) atoms. The van der Waals surface area contributed by atoms with Gasteiger partial charge in [0.15, 0.2) is 5.02 Å². The molecule has 2 heterocycles. The number of benzene rings is 2. The number of rotatable bonds is 7. The van der Waals surface area contributed by atoms with E-state index in [2.05, 4.69) is 10.3 Å². The molecule has 3 aromatic rings. The molecule has 1 atom stereocenters. The monoisotopic (exact) mass is 489 g/mol. The van der Waals surface area contributed by atoms with E-state index in [0.717, 1.165) is 30.5 Å². The SMILES string of the molecule is Cc1ccc(C(=O)NCC2CCCO2)cc1-n1cnc(OCc2ccc(F)cc2F)c(Cl)c1=O. The number of aromatic nitrogens is 2. The summed E-state index contributed by atoms with van der Waals surface area (Å²) in [6, 6.07) is 8.03. The third-order valence-corrected chi connectivity index (χ3v) is 5.83. The van der Waals surface area contributed by atoms with Crippen molar-refractivity contribution in [3.05, 3.63) is 86.4 Å². The third kappa shape index (κ3) is 5.26. The predicted octanol–water partition coefficient (Wildman–Crippen LogP) is 3.96. The van der Waals surface area contributed by atoms with Gasteiger partial charge in [0.05, 0.1) is 11.8 Å². The highest BCUT2D eigenvalue weighted by Gasteiger charge is 2.18. The lowest BCUT2D eigenvalue weighted by molar-refractivity contribution is 0.0857. The smallest absolute Gasteiger partial charge is 0.280 e. The van der Waals surface area contributed by atoms with E-state index in [-0.39, 0.29) is 35.1 Å². The van der Waals surface area contributed by atoms with Crippen LogP contribution in [-0.2, 0) is 11.3 Å². The number of hydrogen-bond acceptors (Lipinski definition) is 5. The van der Waals surface area contributed by atoms with Crippen molar-refractivity contribution < 1.29 is 23.0 Å². The van der Waals surface area contributed by atoms with Crippen LogP contribution in [0, 0.1) is 18.6 Å². The van der Waals surface area contributed by atoms with Crippen molar-refractivity contribution >= 4 is 17.5 Å². The molecule has 0 aliphatic carbocycles. The van der Waals surface area contributed by atoms with Crippen LogP contribution in [0.15, 0.2) is 47.5 Å². The second-order valence-corrected chi connectivity index (χ2v) is 8.29. The summed E-state index contributed by atoms with van der Waals surface area (Å²) in [6.07, 6.45) is 3.11. The van der Waals surface area contributed by atoms with E-state index in [1.54, 1.807) is 25.1 Å². The molecular weight excluding hydrogens is 468 g/mol. The molecule has 0 bridgehead atoms. The van der Waals surface area contributed by atoms with Gasteiger partial charge in [0, 0.05) is 30.3 Å². The highest BCUT2D eigenvalue weighted by atomic mass is 35.5. The average molecular weight is 490 g/mol. The van der Waals surface area contributed by atoms with Gasteiger partial charge in [0.2, 0.25) is 5.88 Å². The second kappa shape index (κ2) is 10.3. The lowest BCUT2D eigenvalue weighted by Gasteiger charge is -2.14. The third-order valence-electron chi connectivity index (χ3n) is 5.51. The number of hydrogen-bond donors (Lipinski definition) is 1. The van der Waals surface area contributed by atoms with Crippen molar-refractivity contribution in [2.24, 2.45) is 0 Å². The molecule has 1 fully saturated rings. The van der Waals surface area contributed by atoms with E-state index in [9.17, 15) is 18.4 Å². The van der Waals surface area contributed by atoms with E-state index in [1.807, 2.05) is 0 Å². The van der Waals surface area contributed by atoms with E-state index < -0.39 is 17.2 Å².